The van der Waals surface area contributed by atoms with Crippen molar-refractivity contribution < 1.29 is 4.74 Å². The van der Waals surface area contributed by atoms with E-state index in [-0.39, 0.29) is 0 Å². The Balaban J connectivity index is 2.02. The molecule has 1 aliphatic heterocycles. The standard InChI is InChI=1S/C12H15N3O/c1-15(8-11-3-5-16-9-11)12-6-10(7-13)2-4-14-12/h2,4,6,11H,3,5,8-9H2,1H3/t11-/m0/s1. The van der Waals surface area contributed by atoms with Gasteiger partial charge in [0, 0.05) is 32.3 Å². The number of rotatable bonds is 3. The average Bonchev–Trinajstić information content (AvgIpc) is 2.82. The van der Waals surface area contributed by atoms with Crippen LogP contribution in [0.1, 0.15) is 12.0 Å². The summed E-state index contributed by atoms with van der Waals surface area (Å²) in [5.41, 5.74) is 0.652. The van der Waals surface area contributed by atoms with Crippen LogP contribution >= 0.6 is 0 Å². The highest BCUT2D eigenvalue weighted by Crippen LogP contribution is 2.17. The monoisotopic (exact) mass is 217 g/mol. The Bertz CT molecular complexity index is 393. The SMILES string of the molecule is CN(C[C@@H]1CCOC1)c1cc(C#N)ccn1. The van der Waals surface area contributed by atoms with Gasteiger partial charge >= 0.3 is 0 Å². The number of ether oxygens (including phenoxy) is 1. The van der Waals surface area contributed by atoms with Crippen LogP contribution in [0.15, 0.2) is 18.3 Å². The third-order valence-corrected chi connectivity index (χ3v) is 2.82. The van der Waals surface area contributed by atoms with Gasteiger partial charge in [0.25, 0.3) is 0 Å². The zero-order chi connectivity index (χ0) is 11.4. The van der Waals surface area contributed by atoms with Crippen molar-refractivity contribution in [3.8, 4) is 6.07 Å². The molecule has 0 aliphatic carbocycles. The van der Waals surface area contributed by atoms with Gasteiger partial charge in [-0.05, 0) is 18.6 Å². The van der Waals surface area contributed by atoms with Crippen LogP contribution in [0.2, 0.25) is 0 Å². The van der Waals surface area contributed by atoms with Crippen LogP contribution in [0.4, 0.5) is 5.82 Å². The first-order valence-corrected chi connectivity index (χ1v) is 5.44. The topological polar surface area (TPSA) is 49.1 Å². The number of nitrogens with zero attached hydrogens (tertiary/aromatic N) is 3. The summed E-state index contributed by atoms with van der Waals surface area (Å²) in [4.78, 5) is 6.35. The molecule has 0 aromatic carbocycles. The summed E-state index contributed by atoms with van der Waals surface area (Å²) in [6, 6.07) is 5.66. The molecule has 0 spiro atoms. The first-order valence-electron chi connectivity index (χ1n) is 5.44. The van der Waals surface area contributed by atoms with E-state index in [0.29, 0.717) is 11.5 Å². The Morgan fingerprint density at radius 1 is 1.69 bits per heavy atom. The van der Waals surface area contributed by atoms with Gasteiger partial charge in [-0.3, -0.25) is 0 Å². The molecule has 1 aromatic heterocycles. The molecule has 1 aliphatic rings. The van der Waals surface area contributed by atoms with Crippen molar-refractivity contribution >= 4 is 5.82 Å². The summed E-state index contributed by atoms with van der Waals surface area (Å²) in [5, 5.41) is 8.81. The first kappa shape index (κ1) is 10.9. The molecule has 0 N–H and O–H groups in total. The molecule has 0 unspecified atom stereocenters. The minimum absolute atomic E-state index is 0.581. The van der Waals surface area contributed by atoms with Gasteiger partial charge in [-0.2, -0.15) is 5.26 Å². The highest BCUT2D eigenvalue weighted by atomic mass is 16.5. The minimum Gasteiger partial charge on any atom is -0.381 e. The minimum atomic E-state index is 0.581. The zero-order valence-corrected chi connectivity index (χ0v) is 9.39. The molecule has 1 aromatic rings. The molecule has 2 heterocycles. The highest BCUT2D eigenvalue weighted by Gasteiger charge is 2.18. The number of hydrogen-bond donors (Lipinski definition) is 0. The van der Waals surface area contributed by atoms with E-state index in [1.54, 1.807) is 12.3 Å². The van der Waals surface area contributed by atoms with E-state index >= 15 is 0 Å². The summed E-state index contributed by atoms with van der Waals surface area (Å²) in [6.45, 7) is 2.63. The van der Waals surface area contributed by atoms with Crippen LogP contribution in [0.25, 0.3) is 0 Å². The van der Waals surface area contributed by atoms with Crippen LogP contribution in [0.5, 0.6) is 0 Å². The molecule has 16 heavy (non-hydrogen) atoms. The third kappa shape index (κ3) is 2.50. The van der Waals surface area contributed by atoms with Crippen molar-refractivity contribution in [1.82, 2.24) is 4.98 Å². The number of pyridine rings is 1. The molecular formula is C12H15N3O. The maximum atomic E-state index is 8.81. The fourth-order valence-corrected chi connectivity index (χ4v) is 1.90. The van der Waals surface area contributed by atoms with Gasteiger partial charge < -0.3 is 9.64 Å². The zero-order valence-electron chi connectivity index (χ0n) is 9.39. The first-order chi connectivity index (χ1) is 7.79. The van der Waals surface area contributed by atoms with Gasteiger partial charge in [-0.15, -0.1) is 0 Å². The van der Waals surface area contributed by atoms with Crippen molar-refractivity contribution in [2.75, 3.05) is 31.7 Å². The normalized spacial score (nSPS) is 19.4. The van der Waals surface area contributed by atoms with E-state index in [0.717, 1.165) is 32.0 Å². The molecule has 1 atom stereocenters. The Morgan fingerprint density at radius 3 is 3.25 bits per heavy atom. The van der Waals surface area contributed by atoms with E-state index in [2.05, 4.69) is 16.0 Å². The summed E-state index contributed by atoms with van der Waals surface area (Å²) < 4.78 is 5.34. The molecule has 0 radical (unpaired) electrons. The van der Waals surface area contributed by atoms with Gasteiger partial charge in [-0.25, -0.2) is 4.98 Å². The van der Waals surface area contributed by atoms with E-state index in [4.69, 9.17) is 10.00 Å². The van der Waals surface area contributed by atoms with E-state index in [1.165, 1.54) is 0 Å². The average molecular weight is 217 g/mol. The lowest BCUT2D eigenvalue weighted by Crippen LogP contribution is -2.26. The second-order valence-electron chi connectivity index (χ2n) is 4.12. The highest BCUT2D eigenvalue weighted by molar-refractivity contribution is 5.44. The van der Waals surface area contributed by atoms with Gasteiger partial charge in [0.2, 0.25) is 0 Å². The number of nitriles is 1. The van der Waals surface area contributed by atoms with Gasteiger partial charge in [0.15, 0.2) is 0 Å². The molecule has 1 fully saturated rings. The molecule has 1 saturated heterocycles. The summed E-state index contributed by atoms with van der Waals surface area (Å²) >= 11 is 0. The van der Waals surface area contributed by atoms with Crippen molar-refractivity contribution in [1.29, 1.82) is 5.26 Å². The maximum Gasteiger partial charge on any atom is 0.129 e. The fourth-order valence-electron chi connectivity index (χ4n) is 1.90. The number of anilines is 1. The molecule has 2 rings (SSSR count). The summed E-state index contributed by atoms with van der Waals surface area (Å²) in [6.07, 6.45) is 2.79. The molecule has 0 saturated carbocycles. The summed E-state index contributed by atoms with van der Waals surface area (Å²) in [5.74, 6) is 1.43. The van der Waals surface area contributed by atoms with E-state index in [9.17, 15) is 0 Å². The number of aromatic nitrogens is 1. The molecule has 0 amide bonds. The quantitative estimate of drug-likeness (QED) is 0.768. The van der Waals surface area contributed by atoms with Crippen LogP contribution < -0.4 is 4.90 Å². The molecule has 84 valence electrons. The Kier molecular flexibility index (Phi) is 3.37. The Labute approximate surface area is 95.5 Å². The smallest absolute Gasteiger partial charge is 0.129 e. The van der Waals surface area contributed by atoms with Gasteiger partial charge in [0.1, 0.15) is 5.82 Å². The van der Waals surface area contributed by atoms with Gasteiger partial charge in [-0.1, -0.05) is 0 Å². The Morgan fingerprint density at radius 2 is 2.56 bits per heavy atom. The Hall–Kier alpha value is -1.60. The van der Waals surface area contributed by atoms with Crippen LogP contribution in [0, 0.1) is 17.2 Å². The van der Waals surface area contributed by atoms with E-state index < -0.39 is 0 Å². The lowest BCUT2D eigenvalue weighted by Gasteiger charge is -2.21. The second-order valence-corrected chi connectivity index (χ2v) is 4.12. The molecule has 4 nitrogen and oxygen atoms in total. The van der Waals surface area contributed by atoms with Gasteiger partial charge in [0.05, 0.1) is 18.2 Å². The largest absolute Gasteiger partial charge is 0.381 e. The van der Waals surface area contributed by atoms with Crippen molar-refractivity contribution in [3.63, 3.8) is 0 Å². The van der Waals surface area contributed by atoms with Crippen molar-refractivity contribution in [2.45, 2.75) is 6.42 Å². The third-order valence-electron chi connectivity index (χ3n) is 2.82. The number of hydrogen-bond acceptors (Lipinski definition) is 4. The fraction of sp³-hybridized carbons (Fsp3) is 0.500. The lowest BCUT2D eigenvalue weighted by atomic mass is 10.1. The maximum absolute atomic E-state index is 8.81. The molecular weight excluding hydrogens is 202 g/mol. The predicted octanol–water partition coefficient (Wildman–Crippen LogP) is 1.43. The van der Waals surface area contributed by atoms with Crippen molar-refractivity contribution in [2.24, 2.45) is 5.92 Å². The summed E-state index contributed by atoms with van der Waals surface area (Å²) in [7, 11) is 2.00. The second kappa shape index (κ2) is 4.95. The molecule has 4 heteroatoms. The molecule has 0 bridgehead atoms. The van der Waals surface area contributed by atoms with Crippen LogP contribution in [-0.2, 0) is 4.74 Å². The predicted molar refractivity (Wildman–Crippen MR) is 61.1 cm³/mol. The lowest BCUT2D eigenvalue weighted by molar-refractivity contribution is 0.186. The van der Waals surface area contributed by atoms with Crippen LogP contribution in [0.3, 0.4) is 0 Å². The van der Waals surface area contributed by atoms with Crippen LogP contribution in [-0.4, -0.2) is 31.8 Å². The van der Waals surface area contributed by atoms with Crippen molar-refractivity contribution in [3.05, 3.63) is 23.9 Å². The van der Waals surface area contributed by atoms with E-state index in [1.807, 2.05) is 13.1 Å².